The van der Waals surface area contributed by atoms with Crippen molar-refractivity contribution in [2.45, 2.75) is 6.54 Å². The predicted molar refractivity (Wildman–Crippen MR) is 69.0 cm³/mol. The van der Waals surface area contributed by atoms with Crippen molar-refractivity contribution in [2.24, 2.45) is 0 Å². The Hall–Kier alpha value is -3.03. The first-order chi connectivity index (χ1) is 9.75. The number of H-pyrrole nitrogens is 1. The van der Waals surface area contributed by atoms with Crippen LogP contribution in [0.1, 0.15) is 16.2 Å². The van der Waals surface area contributed by atoms with Crippen LogP contribution in [0.5, 0.6) is 0 Å². The smallest absolute Gasteiger partial charge is 0.293 e. The van der Waals surface area contributed by atoms with Gasteiger partial charge in [0.15, 0.2) is 5.82 Å². The van der Waals surface area contributed by atoms with Gasteiger partial charge in [-0.25, -0.2) is 0 Å². The molecule has 0 fully saturated rings. The first-order valence-electron chi connectivity index (χ1n) is 5.85. The molecule has 20 heavy (non-hydrogen) atoms. The molecule has 0 aromatic carbocycles. The molecule has 0 bridgehead atoms. The Morgan fingerprint density at radius 1 is 1.30 bits per heavy atom. The Bertz CT molecular complexity index is 807. The predicted octanol–water partition coefficient (Wildman–Crippen LogP) is -0.257. The molecule has 0 saturated carbocycles. The molecular formula is C12H10N6O2. The highest BCUT2D eigenvalue weighted by molar-refractivity contribution is 5.93. The highest BCUT2D eigenvalue weighted by Gasteiger charge is 2.10. The van der Waals surface area contributed by atoms with Crippen molar-refractivity contribution in [3.63, 3.8) is 0 Å². The monoisotopic (exact) mass is 270 g/mol. The van der Waals surface area contributed by atoms with Gasteiger partial charge in [0.2, 0.25) is 5.65 Å². The maximum Gasteiger partial charge on any atom is 0.293 e. The summed E-state index contributed by atoms with van der Waals surface area (Å²) in [7, 11) is 0. The maximum absolute atomic E-state index is 11.9. The van der Waals surface area contributed by atoms with Gasteiger partial charge in [-0.15, -0.1) is 10.2 Å². The van der Waals surface area contributed by atoms with Gasteiger partial charge in [-0.1, -0.05) is 0 Å². The Morgan fingerprint density at radius 2 is 2.10 bits per heavy atom. The number of hydrogen-bond donors (Lipinski definition) is 2. The quantitative estimate of drug-likeness (QED) is 0.682. The Morgan fingerprint density at radius 3 is 2.90 bits per heavy atom. The Balaban J connectivity index is 1.80. The van der Waals surface area contributed by atoms with Crippen molar-refractivity contribution in [2.75, 3.05) is 0 Å². The second-order valence-electron chi connectivity index (χ2n) is 4.02. The zero-order valence-corrected chi connectivity index (χ0v) is 10.3. The number of fused-ring (bicyclic) bond motifs is 1. The zero-order valence-electron chi connectivity index (χ0n) is 10.3. The highest BCUT2D eigenvalue weighted by atomic mass is 16.1. The van der Waals surface area contributed by atoms with Crippen molar-refractivity contribution >= 4 is 11.6 Å². The summed E-state index contributed by atoms with van der Waals surface area (Å²) in [5, 5.41) is 10.4. The summed E-state index contributed by atoms with van der Waals surface area (Å²) in [4.78, 5) is 29.7. The van der Waals surface area contributed by atoms with Gasteiger partial charge in [0.25, 0.3) is 11.5 Å². The van der Waals surface area contributed by atoms with Gasteiger partial charge in [0, 0.05) is 30.4 Å². The normalized spacial score (nSPS) is 10.6. The van der Waals surface area contributed by atoms with Gasteiger partial charge < -0.3 is 10.3 Å². The Kier molecular flexibility index (Phi) is 2.96. The number of amides is 1. The van der Waals surface area contributed by atoms with Crippen LogP contribution < -0.4 is 10.9 Å². The third-order valence-corrected chi connectivity index (χ3v) is 2.76. The van der Waals surface area contributed by atoms with Gasteiger partial charge in [0.1, 0.15) is 0 Å². The maximum atomic E-state index is 11.9. The lowest BCUT2D eigenvalue weighted by molar-refractivity contribution is 0.0949. The molecular weight excluding hydrogens is 260 g/mol. The molecule has 2 N–H and O–H groups in total. The lowest BCUT2D eigenvalue weighted by Gasteiger charge is -2.03. The van der Waals surface area contributed by atoms with E-state index in [2.05, 4.69) is 25.5 Å². The lowest BCUT2D eigenvalue weighted by Crippen LogP contribution is -2.24. The lowest BCUT2D eigenvalue weighted by atomic mass is 10.2. The second kappa shape index (κ2) is 4.92. The fourth-order valence-electron chi connectivity index (χ4n) is 1.77. The second-order valence-corrected chi connectivity index (χ2v) is 4.02. The highest BCUT2D eigenvalue weighted by Crippen LogP contribution is 1.99. The zero-order chi connectivity index (χ0) is 13.9. The van der Waals surface area contributed by atoms with Crippen LogP contribution in [0.2, 0.25) is 0 Å². The van der Waals surface area contributed by atoms with E-state index in [1.807, 2.05) is 0 Å². The average molecular weight is 270 g/mol. The topological polar surface area (TPSA) is 105 Å². The van der Waals surface area contributed by atoms with E-state index in [1.54, 1.807) is 30.7 Å². The number of carbonyl (C=O) groups is 1. The summed E-state index contributed by atoms with van der Waals surface area (Å²) in [6.45, 7) is 0.172. The van der Waals surface area contributed by atoms with Crippen molar-refractivity contribution in [1.29, 1.82) is 0 Å². The van der Waals surface area contributed by atoms with Crippen LogP contribution in [0.15, 0.2) is 41.7 Å². The molecule has 0 saturated heterocycles. The number of carbonyl (C=O) groups excluding carboxylic acids is 1. The summed E-state index contributed by atoms with van der Waals surface area (Å²) in [5.74, 6) is 0.238. The van der Waals surface area contributed by atoms with Crippen LogP contribution in [-0.4, -0.2) is 30.5 Å². The van der Waals surface area contributed by atoms with E-state index in [0.717, 1.165) is 0 Å². The van der Waals surface area contributed by atoms with E-state index in [-0.39, 0.29) is 23.7 Å². The summed E-state index contributed by atoms with van der Waals surface area (Å²) >= 11 is 0. The largest absolute Gasteiger partial charge is 0.345 e. The van der Waals surface area contributed by atoms with Crippen molar-refractivity contribution in [3.8, 4) is 0 Å². The van der Waals surface area contributed by atoms with E-state index in [4.69, 9.17) is 0 Å². The summed E-state index contributed by atoms with van der Waals surface area (Å²) in [5.41, 5.74) is 0.374. The number of pyridine rings is 1. The molecule has 100 valence electrons. The van der Waals surface area contributed by atoms with Crippen LogP contribution in [0.3, 0.4) is 0 Å². The third-order valence-electron chi connectivity index (χ3n) is 2.76. The van der Waals surface area contributed by atoms with Gasteiger partial charge >= 0.3 is 0 Å². The SMILES string of the molecule is O=C(NCc1nnc2c(=O)[nH]ccn12)c1ccncc1. The summed E-state index contributed by atoms with van der Waals surface area (Å²) in [6.07, 6.45) is 6.21. The van der Waals surface area contributed by atoms with E-state index < -0.39 is 0 Å². The average Bonchev–Trinajstić information content (AvgIpc) is 2.90. The number of rotatable bonds is 3. The van der Waals surface area contributed by atoms with E-state index in [9.17, 15) is 9.59 Å². The minimum atomic E-state index is -0.327. The van der Waals surface area contributed by atoms with E-state index >= 15 is 0 Å². The number of hydrogen-bond acceptors (Lipinski definition) is 5. The molecule has 0 aliphatic carbocycles. The van der Waals surface area contributed by atoms with Gasteiger partial charge in [-0.2, -0.15) is 0 Å². The first kappa shape index (κ1) is 12.0. The molecule has 3 aromatic heterocycles. The molecule has 0 atom stereocenters. The third kappa shape index (κ3) is 2.14. The summed E-state index contributed by atoms with van der Waals surface area (Å²) < 4.78 is 1.53. The first-order valence-corrected chi connectivity index (χ1v) is 5.85. The molecule has 0 radical (unpaired) electrons. The van der Waals surface area contributed by atoms with Crippen molar-refractivity contribution in [1.82, 2.24) is 29.9 Å². The minimum Gasteiger partial charge on any atom is -0.345 e. The number of aromatic nitrogens is 5. The van der Waals surface area contributed by atoms with E-state index in [1.165, 1.54) is 10.6 Å². The number of nitrogens with one attached hydrogen (secondary N) is 2. The molecule has 8 heteroatoms. The van der Waals surface area contributed by atoms with Gasteiger partial charge in [0.05, 0.1) is 6.54 Å². The van der Waals surface area contributed by atoms with Crippen molar-refractivity contribution < 1.29 is 4.79 Å². The molecule has 3 aromatic rings. The molecule has 0 aliphatic heterocycles. The molecule has 3 rings (SSSR count). The summed E-state index contributed by atoms with van der Waals surface area (Å²) in [6, 6.07) is 3.23. The molecule has 3 heterocycles. The van der Waals surface area contributed by atoms with Crippen LogP contribution in [0, 0.1) is 0 Å². The van der Waals surface area contributed by atoms with Crippen LogP contribution >= 0.6 is 0 Å². The van der Waals surface area contributed by atoms with Crippen LogP contribution in [0.4, 0.5) is 0 Å². The number of aromatic amines is 1. The fourth-order valence-corrected chi connectivity index (χ4v) is 1.77. The van der Waals surface area contributed by atoms with Gasteiger partial charge in [-0.05, 0) is 12.1 Å². The Labute approximate surface area is 112 Å². The molecule has 0 unspecified atom stereocenters. The molecule has 0 spiro atoms. The standard InChI is InChI=1S/C12H10N6O2/c19-11(8-1-3-13-4-2-8)15-7-9-16-17-10-12(20)14-5-6-18(9)10/h1-6H,7H2,(H,14,20)(H,15,19). The minimum absolute atomic E-state index is 0.172. The molecule has 0 aliphatic rings. The van der Waals surface area contributed by atoms with Gasteiger partial charge in [-0.3, -0.25) is 19.0 Å². The fraction of sp³-hybridized carbons (Fsp3) is 0.0833. The molecule has 1 amide bonds. The van der Waals surface area contributed by atoms with E-state index in [0.29, 0.717) is 11.4 Å². The van der Waals surface area contributed by atoms with Crippen LogP contribution in [-0.2, 0) is 6.54 Å². The van der Waals surface area contributed by atoms with Crippen LogP contribution in [0.25, 0.3) is 5.65 Å². The van der Waals surface area contributed by atoms with Crippen molar-refractivity contribution in [3.05, 3.63) is 58.7 Å². The molecule has 8 nitrogen and oxygen atoms in total. The number of nitrogens with zero attached hydrogens (tertiary/aromatic N) is 4.